The molecule has 1 fully saturated rings. The van der Waals surface area contributed by atoms with E-state index in [0.29, 0.717) is 5.57 Å². The van der Waals surface area contributed by atoms with Crippen molar-refractivity contribution >= 4 is 69.5 Å². The number of rotatable bonds is 8. The highest BCUT2D eigenvalue weighted by Gasteiger charge is 2.54. The number of nitrogens with one attached hydrogen (secondary N) is 1. The number of nitrogens with two attached hydrogens (primary N) is 1. The van der Waals surface area contributed by atoms with Crippen LogP contribution >= 0.6 is 34.9 Å². The average Bonchev–Trinajstić information content (AvgIpc) is 3.13. The number of alkyl halides is 1. The number of nitrogens with zero attached hydrogens (tertiary/aromatic N) is 4. The molecule has 1 aromatic heterocycles. The van der Waals surface area contributed by atoms with Gasteiger partial charge in [-0.05, 0) is 5.57 Å². The van der Waals surface area contributed by atoms with Gasteiger partial charge in [0.05, 0.1) is 0 Å². The highest BCUT2D eigenvalue weighted by atomic mass is 35.5. The first-order chi connectivity index (χ1) is 14.2. The second-order valence-corrected chi connectivity index (χ2v) is 7.97. The van der Waals surface area contributed by atoms with Gasteiger partial charge in [0.25, 0.3) is 11.8 Å². The highest BCUT2D eigenvalue weighted by molar-refractivity contribution is 8.00. The number of anilines is 1. The Kier molecular flexibility index (Phi) is 6.42. The molecule has 1 aromatic rings. The lowest BCUT2D eigenvalue weighted by molar-refractivity contribution is -0.150. The van der Waals surface area contributed by atoms with Crippen molar-refractivity contribution in [1.29, 1.82) is 0 Å². The van der Waals surface area contributed by atoms with Gasteiger partial charge in [0, 0.05) is 23.2 Å². The molecule has 0 bridgehead atoms. The normalized spacial score (nSPS) is 21.0. The molecule has 30 heavy (non-hydrogen) atoms. The third kappa shape index (κ3) is 4.17. The van der Waals surface area contributed by atoms with E-state index in [0.717, 1.165) is 16.4 Å². The maximum Gasteiger partial charge on any atom is 0.352 e. The number of thioether (sulfide) groups is 1. The molecule has 5 N–H and O–H groups in total. The van der Waals surface area contributed by atoms with Crippen LogP contribution < -0.4 is 11.1 Å². The summed E-state index contributed by atoms with van der Waals surface area (Å²) in [5.74, 6) is -4.15. The van der Waals surface area contributed by atoms with Crippen LogP contribution in [0.3, 0.4) is 0 Å². The minimum absolute atomic E-state index is 0.0299. The number of halogens is 1. The number of nitrogen functional groups attached to an aromatic ring is 1. The van der Waals surface area contributed by atoms with Gasteiger partial charge in [0.2, 0.25) is 18.1 Å². The van der Waals surface area contributed by atoms with E-state index in [-0.39, 0.29) is 28.3 Å². The van der Waals surface area contributed by atoms with Crippen LogP contribution in [0.2, 0.25) is 0 Å². The predicted molar refractivity (Wildman–Crippen MR) is 105 cm³/mol. The Hall–Kier alpha value is -2.91. The number of carbonyl (C=O) groups is 4. The molecule has 2 atom stereocenters. The third-order valence-corrected chi connectivity index (χ3v) is 6.12. The third-order valence-electron chi connectivity index (χ3n) is 3.91. The summed E-state index contributed by atoms with van der Waals surface area (Å²) in [6.45, 7) is -0.820. The predicted octanol–water partition coefficient (Wildman–Crippen LogP) is -1.10. The Labute approximate surface area is 181 Å². The smallest absolute Gasteiger partial charge is 0.352 e. The summed E-state index contributed by atoms with van der Waals surface area (Å²) in [5.41, 5.74) is 5.22. The molecule has 0 unspecified atom stereocenters. The molecule has 3 heterocycles. The lowest BCUT2D eigenvalue weighted by Gasteiger charge is -2.49. The van der Waals surface area contributed by atoms with Crippen molar-refractivity contribution < 1.29 is 34.2 Å². The molecule has 13 nitrogen and oxygen atoms in total. The van der Waals surface area contributed by atoms with E-state index in [1.54, 1.807) is 0 Å². The molecule has 2 aliphatic heterocycles. The number of aliphatic carboxylic acids is 2. The van der Waals surface area contributed by atoms with Gasteiger partial charge in [-0.1, -0.05) is 5.16 Å². The number of carbonyl (C=O) groups excluding carboxylic acids is 2. The van der Waals surface area contributed by atoms with E-state index >= 15 is 0 Å². The summed E-state index contributed by atoms with van der Waals surface area (Å²) in [4.78, 5) is 56.8. The van der Waals surface area contributed by atoms with Crippen LogP contribution in [-0.4, -0.2) is 83.6 Å². The van der Waals surface area contributed by atoms with E-state index in [2.05, 4.69) is 24.7 Å². The first-order valence-corrected chi connectivity index (χ1v) is 10.4. The highest BCUT2D eigenvalue weighted by Crippen LogP contribution is 2.40. The van der Waals surface area contributed by atoms with Gasteiger partial charge in [0.1, 0.15) is 17.1 Å². The van der Waals surface area contributed by atoms with Crippen LogP contribution in [-0.2, 0) is 24.0 Å². The van der Waals surface area contributed by atoms with E-state index in [9.17, 15) is 24.3 Å². The quantitative estimate of drug-likeness (QED) is 0.154. The lowest BCUT2D eigenvalue weighted by Crippen LogP contribution is -2.71. The van der Waals surface area contributed by atoms with Crippen LogP contribution in [0.25, 0.3) is 0 Å². The van der Waals surface area contributed by atoms with Crippen LogP contribution in [0.15, 0.2) is 16.4 Å². The van der Waals surface area contributed by atoms with Gasteiger partial charge < -0.3 is 26.1 Å². The Bertz CT molecular complexity index is 980. The van der Waals surface area contributed by atoms with Gasteiger partial charge in [-0.25, -0.2) is 9.59 Å². The maximum atomic E-state index is 12.7. The number of oxime groups is 1. The van der Waals surface area contributed by atoms with Crippen molar-refractivity contribution in [2.75, 3.05) is 24.0 Å². The summed E-state index contributed by atoms with van der Waals surface area (Å²) >= 11 is 7.79. The molecular weight excluding hydrogens is 464 g/mol. The monoisotopic (exact) mass is 476 g/mol. The van der Waals surface area contributed by atoms with Crippen LogP contribution in [0.4, 0.5) is 5.13 Å². The number of carboxylic acids is 2. The van der Waals surface area contributed by atoms with E-state index < -0.39 is 47.5 Å². The first-order valence-electron chi connectivity index (χ1n) is 8.02. The van der Waals surface area contributed by atoms with Gasteiger partial charge in [0.15, 0.2) is 5.13 Å². The number of hydrogen-bond donors (Lipinski definition) is 4. The molecule has 3 rings (SSSR count). The minimum Gasteiger partial charge on any atom is -0.479 e. The number of hydrogen-bond acceptors (Lipinski definition) is 11. The van der Waals surface area contributed by atoms with Crippen molar-refractivity contribution in [3.05, 3.63) is 17.1 Å². The number of aromatic nitrogens is 2. The Morgan fingerprint density at radius 2 is 2.13 bits per heavy atom. The zero-order chi connectivity index (χ0) is 22.0. The van der Waals surface area contributed by atoms with Gasteiger partial charge in [-0.15, -0.1) is 23.4 Å². The van der Waals surface area contributed by atoms with E-state index in [1.165, 1.54) is 11.8 Å². The standard InChI is InChI=1S/C14H13ClN6O7S2/c15-1-4-3-29-12-7(11(25)21(12)8(4)13(26)27)17-10(24)6(19-28-2-5(22)23)9-18-14(16)30-20-9/h7,12H,1-3H2,(H,17,24)(H,22,23)(H,26,27)(H2,16,18,20)/b19-6+/t7-,12-/m1/s1. The second kappa shape index (κ2) is 8.85. The van der Waals surface area contributed by atoms with Crippen LogP contribution in [0.5, 0.6) is 0 Å². The second-order valence-electron chi connectivity index (χ2n) is 5.82. The molecule has 0 saturated carbocycles. The van der Waals surface area contributed by atoms with E-state index in [4.69, 9.17) is 22.4 Å². The molecule has 1 saturated heterocycles. The molecule has 0 radical (unpaired) electrons. The van der Waals surface area contributed by atoms with Crippen LogP contribution in [0, 0.1) is 0 Å². The van der Waals surface area contributed by atoms with E-state index in [1.807, 2.05) is 0 Å². The summed E-state index contributed by atoms with van der Waals surface area (Å²) in [7, 11) is 0. The number of carboxylic acid groups (broad SMARTS) is 2. The van der Waals surface area contributed by atoms with Crippen molar-refractivity contribution in [3.8, 4) is 0 Å². The maximum absolute atomic E-state index is 12.7. The molecule has 0 spiro atoms. The van der Waals surface area contributed by atoms with Crippen molar-refractivity contribution in [3.63, 3.8) is 0 Å². The zero-order valence-corrected chi connectivity index (χ0v) is 17.2. The van der Waals surface area contributed by atoms with Crippen molar-refractivity contribution in [2.24, 2.45) is 5.16 Å². The largest absolute Gasteiger partial charge is 0.479 e. The fourth-order valence-corrected chi connectivity index (χ4v) is 4.78. The van der Waals surface area contributed by atoms with Crippen LogP contribution in [0.1, 0.15) is 5.82 Å². The molecule has 2 amide bonds. The molecule has 160 valence electrons. The zero-order valence-electron chi connectivity index (χ0n) is 14.8. The average molecular weight is 477 g/mol. The lowest BCUT2D eigenvalue weighted by atomic mass is 10.0. The van der Waals surface area contributed by atoms with Gasteiger partial charge >= 0.3 is 11.9 Å². The number of β-lactam (4-membered cyclic amide) rings is 1. The Balaban J connectivity index is 1.79. The fourth-order valence-electron chi connectivity index (χ4n) is 2.66. The van der Waals surface area contributed by atoms with Crippen molar-refractivity contribution in [2.45, 2.75) is 11.4 Å². The Morgan fingerprint density at radius 1 is 1.40 bits per heavy atom. The topological polar surface area (TPSA) is 197 Å². The number of amides is 2. The molecule has 0 aliphatic carbocycles. The Morgan fingerprint density at radius 3 is 2.70 bits per heavy atom. The molecule has 2 aliphatic rings. The SMILES string of the molecule is Nc1nc(/C(=N\OCC(=O)O)C(=O)N[C@@H]2C(=O)N3C(C(=O)O)=C(CCl)CS[C@H]23)ns1. The first kappa shape index (κ1) is 21.8. The fraction of sp³-hybridized carbons (Fsp3) is 0.357. The summed E-state index contributed by atoms with van der Waals surface area (Å²) in [5, 5.41) is 23.3. The summed E-state index contributed by atoms with van der Waals surface area (Å²) in [6, 6.07) is -1.05. The van der Waals surface area contributed by atoms with Gasteiger partial charge in [-0.2, -0.15) is 9.36 Å². The van der Waals surface area contributed by atoms with Gasteiger partial charge in [-0.3, -0.25) is 14.5 Å². The summed E-state index contributed by atoms with van der Waals surface area (Å²) < 4.78 is 3.83. The number of fused-ring (bicyclic) bond motifs is 1. The minimum atomic E-state index is -1.32. The molecule has 0 aromatic carbocycles. The molecular formula is C14H13ClN6O7S2. The summed E-state index contributed by atoms with van der Waals surface area (Å²) in [6.07, 6.45) is 0. The molecule has 16 heteroatoms. The van der Waals surface area contributed by atoms with Crippen molar-refractivity contribution in [1.82, 2.24) is 19.6 Å².